The number of amides is 2. The number of carbonyl (C=O) groups excluding carboxylic acids is 2. The molecule has 1 aliphatic rings. The van der Waals surface area contributed by atoms with Crippen molar-refractivity contribution in [3.63, 3.8) is 0 Å². The molecule has 6 rings (SSSR count). The number of hydrogen-bond donors (Lipinski definition) is 2. The standard InChI is InChI=1S/C27H22N6O7S3/c28-43(38,39)29-15-22-31-32-24(40-22)23(25-30-20-11-10-17(14-21(20)41-25)16-6-2-1-3-7-16)42(36,37)13-12-33-26(34)18-8-4-5-9-19(18)27(33)35/h1-11,14,23,29H,12-13,15H2,(H2,28,38,39). The van der Waals surface area contributed by atoms with Gasteiger partial charge in [0.1, 0.15) is 5.01 Å². The highest BCUT2D eigenvalue weighted by Gasteiger charge is 2.40. The van der Waals surface area contributed by atoms with Crippen LogP contribution >= 0.6 is 11.3 Å². The molecule has 0 fully saturated rings. The van der Waals surface area contributed by atoms with Crippen LogP contribution in [0.15, 0.2) is 77.2 Å². The van der Waals surface area contributed by atoms with Gasteiger partial charge in [0.2, 0.25) is 11.8 Å². The third-order valence-electron chi connectivity index (χ3n) is 6.70. The van der Waals surface area contributed by atoms with Crippen molar-refractivity contribution in [2.45, 2.75) is 11.8 Å². The van der Waals surface area contributed by atoms with Gasteiger partial charge in [-0.15, -0.1) is 21.5 Å². The first-order chi connectivity index (χ1) is 20.5. The number of carbonyl (C=O) groups is 2. The van der Waals surface area contributed by atoms with E-state index in [1.54, 1.807) is 18.2 Å². The maximum Gasteiger partial charge on any atom is 0.274 e. The molecule has 5 aromatic rings. The summed E-state index contributed by atoms with van der Waals surface area (Å²) in [4.78, 5) is 31.1. The molecule has 16 heteroatoms. The highest BCUT2D eigenvalue weighted by molar-refractivity contribution is 7.92. The zero-order valence-corrected chi connectivity index (χ0v) is 24.5. The number of rotatable bonds is 10. The third kappa shape index (κ3) is 5.82. The molecular weight excluding hydrogens is 617 g/mol. The van der Waals surface area contributed by atoms with Gasteiger partial charge in [0.15, 0.2) is 15.1 Å². The van der Waals surface area contributed by atoms with Gasteiger partial charge in [-0.1, -0.05) is 48.5 Å². The maximum atomic E-state index is 13.9. The molecule has 3 heterocycles. The average molecular weight is 639 g/mol. The first-order valence-electron chi connectivity index (χ1n) is 12.7. The zero-order valence-electron chi connectivity index (χ0n) is 22.1. The van der Waals surface area contributed by atoms with Gasteiger partial charge in [-0.3, -0.25) is 14.5 Å². The molecule has 1 atom stereocenters. The van der Waals surface area contributed by atoms with Crippen molar-refractivity contribution in [1.29, 1.82) is 0 Å². The van der Waals surface area contributed by atoms with Crippen molar-refractivity contribution in [3.05, 3.63) is 101 Å². The van der Waals surface area contributed by atoms with Crippen molar-refractivity contribution < 1.29 is 30.8 Å². The van der Waals surface area contributed by atoms with Gasteiger partial charge >= 0.3 is 0 Å². The predicted molar refractivity (Wildman–Crippen MR) is 157 cm³/mol. The number of nitrogens with two attached hydrogens (primary N) is 1. The van der Waals surface area contributed by atoms with E-state index < -0.39 is 56.0 Å². The van der Waals surface area contributed by atoms with Crippen LogP contribution in [0.3, 0.4) is 0 Å². The van der Waals surface area contributed by atoms with Crippen molar-refractivity contribution in [1.82, 2.24) is 24.8 Å². The summed E-state index contributed by atoms with van der Waals surface area (Å²) in [6.07, 6.45) is 0. The number of nitrogens with one attached hydrogen (secondary N) is 1. The molecule has 0 saturated carbocycles. The Bertz CT molecular complexity index is 2060. The quantitative estimate of drug-likeness (QED) is 0.214. The summed E-state index contributed by atoms with van der Waals surface area (Å²) in [7, 11) is -8.33. The third-order valence-corrected chi connectivity index (χ3v) is 10.4. The van der Waals surface area contributed by atoms with Crippen LogP contribution in [0.25, 0.3) is 21.3 Å². The summed E-state index contributed by atoms with van der Waals surface area (Å²) in [6, 6.07) is 21.4. The lowest BCUT2D eigenvalue weighted by Crippen LogP contribution is -2.35. The minimum atomic E-state index is -4.25. The summed E-state index contributed by atoms with van der Waals surface area (Å²) < 4.78 is 58.8. The number of imide groups is 1. The van der Waals surface area contributed by atoms with E-state index in [4.69, 9.17) is 9.56 Å². The van der Waals surface area contributed by atoms with Crippen LogP contribution in [-0.2, 0) is 26.6 Å². The number of fused-ring (bicyclic) bond motifs is 2. The zero-order chi connectivity index (χ0) is 30.4. The van der Waals surface area contributed by atoms with Gasteiger partial charge < -0.3 is 4.42 Å². The monoisotopic (exact) mass is 638 g/mol. The van der Waals surface area contributed by atoms with Gasteiger partial charge in [-0.2, -0.15) is 13.1 Å². The molecule has 0 aliphatic carbocycles. The smallest absolute Gasteiger partial charge is 0.274 e. The molecule has 0 saturated heterocycles. The summed E-state index contributed by atoms with van der Waals surface area (Å²) in [5, 5.41) is 11.2. The Morgan fingerprint density at radius 2 is 1.56 bits per heavy atom. The van der Waals surface area contributed by atoms with E-state index >= 15 is 0 Å². The van der Waals surface area contributed by atoms with Crippen molar-refractivity contribution in [2.75, 3.05) is 12.3 Å². The van der Waals surface area contributed by atoms with Gasteiger partial charge in [0.25, 0.3) is 22.0 Å². The number of aromatic nitrogens is 3. The Morgan fingerprint density at radius 1 is 0.884 bits per heavy atom. The van der Waals surface area contributed by atoms with E-state index in [0.717, 1.165) is 27.4 Å². The molecule has 43 heavy (non-hydrogen) atoms. The van der Waals surface area contributed by atoms with E-state index in [0.29, 0.717) is 10.2 Å². The molecular formula is C27H22N6O7S3. The van der Waals surface area contributed by atoms with E-state index in [-0.39, 0.29) is 27.9 Å². The van der Waals surface area contributed by atoms with E-state index in [2.05, 4.69) is 15.2 Å². The molecule has 0 radical (unpaired) electrons. The topological polar surface area (TPSA) is 196 Å². The fourth-order valence-electron chi connectivity index (χ4n) is 4.66. The van der Waals surface area contributed by atoms with E-state index in [1.807, 2.05) is 47.2 Å². The second-order valence-electron chi connectivity index (χ2n) is 9.56. The first-order valence-corrected chi connectivity index (χ1v) is 16.8. The maximum absolute atomic E-state index is 13.9. The van der Waals surface area contributed by atoms with Crippen LogP contribution in [0, 0.1) is 0 Å². The Hall–Kier alpha value is -4.35. The Balaban J connectivity index is 1.35. The first kappa shape index (κ1) is 28.8. The van der Waals surface area contributed by atoms with Gasteiger partial charge in [0.05, 0.1) is 33.6 Å². The lowest BCUT2D eigenvalue weighted by atomic mass is 10.1. The Labute approximate surface area is 249 Å². The summed E-state index contributed by atoms with van der Waals surface area (Å²) in [5.41, 5.74) is 2.81. The summed E-state index contributed by atoms with van der Waals surface area (Å²) in [6.45, 7) is -0.879. The van der Waals surface area contributed by atoms with Gasteiger partial charge in [0, 0.05) is 6.54 Å². The lowest BCUT2D eigenvalue weighted by molar-refractivity contribution is 0.0664. The molecule has 13 nitrogen and oxygen atoms in total. The summed E-state index contributed by atoms with van der Waals surface area (Å²) >= 11 is 1.11. The second-order valence-corrected chi connectivity index (χ2v) is 14.2. The fraction of sp³-hybridized carbons (Fsp3) is 0.148. The number of nitrogens with zero attached hydrogens (tertiary/aromatic N) is 4. The fourth-order valence-corrected chi connectivity index (χ4v) is 7.99. The molecule has 2 aromatic heterocycles. The van der Waals surface area contributed by atoms with Gasteiger partial charge in [-0.25, -0.2) is 18.5 Å². The molecule has 220 valence electrons. The van der Waals surface area contributed by atoms with Crippen LogP contribution in [-0.4, -0.2) is 61.0 Å². The number of thiazole rings is 1. The van der Waals surface area contributed by atoms with Crippen LogP contribution in [0.1, 0.15) is 42.8 Å². The minimum absolute atomic E-state index is 0.122. The van der Waals surface area contributed by atoms with Crippen molar-refractivity contribution in [2.24, 2.45) is 5.14 Å². The van der Waals surface area contributed by atoms with Gasteiger partial charge in [-0.05, 0) is 35.4 Å². The Morgan fingerprint density at radius 3 is 2.23 bits per heavy atom. The Kier molecular flexibility index (Phi) is 7.39. The largest absolute Gasteiger partial charge is 0.422 e. The van der Waals surface area contributed by atoms with Crippen LogP contribution < -0.4 is 9.86 Å². The molecule has 2 amide bonds. The molecule has 3 N–H and O–H groups in total. The normalized spacial score (nSPS) is 14.4. The van der Waals surface area contributed by atoms with Crippen molar-refractivity contribution >= 4 is 53.4 Å². The van der Waals surface area contributed by atoms with Crippen LogP contribution in [0.4, 0.5) is 0 Å². The molecule has 0 bridgehead atoms. The molecule has 3 aromatic carbocycles. The number of hydrogen-bond acceptors (Lipinski definition) is 11. The van der Waals surface area contributed by atoms with E-state index in [1.165, 1.54) is 12.1 Å². The minimum Gasteiger partial charge on any atom is -0.422 e. The number of sulfone groups is 1. The molecule has 1 unspecified atom stereocenters. The van der Waals surface area contributed by atoms with Crippen molar-refractivity contribution in [3.8, 4) is 11.1 Å². The predicted octanol–water partition coefficient (Wildman–Crippen LogP) is 2.44. The molecule has 0 spiro atoms. The average Bonchev–Trinajstić information content (AvgIpc) is 3.68. The van der Waals surface area contributed by atoms with Crippen LogP contribution in [0.5, 0.6) is 0 Å². The summed E-state index contributed by atoms with van der Waals surface area (Å²) in [5.74, 6) is -2.38. The van der Waals surface area contributed by atoms with E-state index in [9.17, 15) is 26.4 Å². The van der Waals surface area contributed by atoms with Crippen LogP contribution in [0.2, 0.25) is 0 Å². The highest BCUT2D eigenvalue weighted by Crippen LogP contribution is 2.37. The lowest BCUT2D eigenvalue weighted by Gasteiger charge is -2.16. The second kappa shape index (κ2) is 11.1. The highest BCUT2D eigenvalue weighted by atomic mass is 32.2. The molecule has 1 aliphatic heterocycles. The SMILES string of the molecule is NS(=O)(=O)NCc1nnc(C(c2nc3ccc(-c4ccccc4)cc3s2)S(=O)(=O)CCN2C(=O)c3ccccc3C2=O)o1. The number of benzene rings is 3.